The molecule has 7 heteroatoms. The average molecular weight is 365 g/mol. The standard InChI is InChI=1S/C18H27N3O3S/c1-13(2)11-15(19)17(23)21(14-7-5-4-6-8-14)18(24)16(20-12-22)9-10-25-3/h4-8,12-13,15-16H,9-11,19H2,1-3H3,(H,20,22). The highest BCUT2D eigenvalue weighted by Gasteiger charge is 2.32. The van der Waals surface area contributed by atoms with E-state index in [0.717, 1.165) is 4.90 Å². The fourth-order valence-corrected chi connectivity index (χ4v) is 2.94. The minimum Gasteiger partial charge on any atom is -0.347 e. The number of anilines is 1. The van der Waals surface area contributed by atoms with Crippen LogP contribution in [0, 0.1) is 5.92 Å². The summed E-state index contributed by atoms with van der Waals surface area (Å²) in [5, 5.41) is 2.52. The van der Waals surface area contributed by atoms with Gasteiger partial charge in [0.15, 0.2) is 0 Å². The maximum absolute atomic E-state index is 13.0. The lowest BCUT2D eigenvalue weighted by Crippen LogP contribution is -2.54. The molecule has 1 aromatic carbocycles. The average Bonchev–Trinajstić information content (AvgIpc) is 2.59. The van der Waals surface area contributed by atoms with Crippen molar-refractivity contribution in [3.8, 4) is 0 Å². The molecule has 0 aliphatic rings. The number of carbonyl (C=O) groups excluding carboxylic acids is 3. The summed E-state index contributed by atoms with van der Waals surface area (Å²) in [6.45, 7) is 3.94. The zero-order chi connectivity index (χ0) is 18.8. The maximum Gasteiger partial charge on any atom is 0.256 e. The third kappa shape index (κ3) is 6.51. The van der Waals surface area contributed by atoms with Crippen LogP contribution < -0.4 is 16.0 Å². The van der Waals surface area contributed by atoms with Gasteiger partial charge in [-0.1, -0.05) is 32.0 Å². The van der Waals surface area contributed by atoms with Crippen molar-refractivity contribution >= 4 is 35.7 Å². The van der Waals surface area contributed by atoms with Crippen LogP contribution >= 0.6 is 11.8 Å². The summed E-state index contributed by atoms with van der Waals surface area (Å²) >= 11 is 1.57. The van der Waals surface area contributed by atoms with E-state index in [2.05, 4.69) is 5.32 Å². The van der Waals surface area contributed by atoms with Gasteiger partial charge in [0, 0.05) is 0 Å². The van der Waals surface area contributed by atoms with Gasteiger partial charge in [0.1, 0.15) is 6.04 Å². The van der Waals surface area contributed by atoms with Gasteiger partial charge < -0.3 is 11.1 Å². The van der Waals surface area contributed by atoms with Gasteiger partial charge in [0.25, 0.3) is 11.8 Å². The largest absolute Gasteiger partial charge is 0.347 e. The van der Waals surface area contributed by atoms with Crippen molar-refractivity contribution in [3.63, 3.8) is 0 Å². The summed E-state index contributed by atoms with van der Waals surface area (Å²) < 4.78 is 0. The van der Waals surface area contributed by atoms with Crippen molar-refractivity contribution in [2.45, 2.75) is 38.8 Å². The summed E-state index contributed by atoms with van der Waals surface area (Å²) in [6, 6.07) is 7.14. The van der Waals surface area contributed by atoms with Gasteiger partial charge in [-0.15, -0.1) is 0 Å². The van der Waals surface area contributed by atoms with Crippen LogP contribution in [0.15, 0.2) is 30.3 Å². The number of hydrogen-bond acceptors (Lipinski definition) is 5. The van der Waals surface area contributed by atoms with Crippen LogP contribution in [0.25, 0.3) is 0 Å². The van der Waals surface area contributed by atoms with E-state index in [-0.39, 0.29) is 5.92 Å². The van der Waals surface area contributed by atoms with Gasteiger partial charge in [0.05, 0.1) is 11.7 Å². The number of rotatable bonds is 10. The number of nitrogens with zero attached hydrogens (tertiary/aromatic N) is 1. The highest BCUT2D eigenvalue weighted by atomic mass is 32.2. The van der Waals surface area contributed by atoms with Crippen molar-refractivity contribution in [2.75, 3.05) is 16.9 Å². The number of hydrogen-bond donors (Lipinski definition) is 2. The summed E-state index contributed by atoms with van der Waals surface area (Å²) in [7, 11) is 0. The SMILES string of the molecule is CSCCC(NC=O)C(=O)N(C(=O)C(N)CC(C)C)c1ccccc1. The molecular formula is C18H27N3O3S. The van der Waals surface area contributed by atoms with Gasteiger partial charge in [-0.05, 0) is 42.9 Å². The first kappa shape index (κ1) is 21.2. The number of imide groups is 1. The first-order valence-corrected chi connectivity index (χ1v) is 9.68. The van der Waals surface area contributed by atoms with Crippen LogP contribution in [-0.2, 0) is 14.4 Å². The highest BCUT2D eigenvalue weighted by Crippen LogP contribution is 2.19. The smallest absolute Gasteiger partial charge is 0.256 e. The molecule has 2 unspecified atom stereocenters. The maximum atomic E-state index is 13.0. The van der Waals surface area contributed by atoms with Gasteiger partial charge in [-0.3, -0.25) is 14.4 Å². The molecule has 138 valence electrons. The van der Waals surface area contributed by atoms with Crippen LogP contribution in [-0.4, -0.2) is 42.3 Å². The third-order valence-corrected chi connectivity index (χ3v) is 4.32. The van der Waals surface area contributed by atoms with Crippen LogP contribution in [0.1, 0.15) is 26.7 Å². The summed E-state index contributed by atoms with van der Waals surface area (Å²) in [4.78, 5) is 37.9. The second-order valence-corrected chi connectivity index (χ2v) is 7.19. The van der Waals surface area contributed by atoms with Crippen molar-refractivity contribution in [3.05, 3.63) is 30.3 Å². The number of thioether (sulfide) groups is 1. The van der Waals surface area contributed by atoms with Crippen LogP contribution in [0.2, 0.25) is 0 Å². The van der Waals surface area contributed by atoms with Crippen LogP contribution in [0.3, 0.4) is 0 Å². The van der Waals surface area contributed by atoms with E-state index in [0.29, 0.717) is 30.7 Å². The Bertz CT molecular complexity index is 566. The number of carbonyl (C=O) groups is 3. The first-order valence-electron chi connectivity index (χ1n) is 8.29. The van der Waals surface area contributed by atoms with E-state index < -0.39 is 23.9 Å². The van der Waals surface area contributed by atoms with Gasteiger partial charge in [-0.2, -0.15) is 11.8 Å². The lowest BCUT2D eigenvalue weighted by Gasteiger charge is -2.28. The Balaban J connectivity index is 3.14. The number of nitrogens with one attached hydrogen (secondary N) is 1. The number of para-hydroxylation sites is 1. The van der Waals surface area contributed by atoms with E-state index in [9.17, 15) is 14.4 Å². The lowest BCUT2D eigenvalue weighted by atomic mass is 10.0. The molecule has 0 aromatic heterocycles. The van der Waals surface area contributed by atoms with Gasteiger partial charge in [0.2, 0.25) is 6.41 Å². The number of nitrogens with two attached hydrogens (primary N) is 1. The fourth-order valence-electron chi connectivity index (χ4n) is 2.47. The molecule has 25 heavy (non-hydrogen) atoms. The Morgan fingerprint density at radius 2 is 1.88 bits per heavy atom. The minimum absolute atomic E-state index is 0.229. The molecule has 0 fully saturated rings. The van der Waals surface area contributed by atoms with Crippen molar-refractivity contribution in [1.29, 1.82) is 0 Å². The van der Waals surface area contributed by atoms with Crippen molar-refractivity contribution < 1.29 is 14.4 Å². The van der Waals surface area contributed by atoms with Gasteiger partial charge >= 0.3 is 0 Å². The molecule has 1 aromatic rings. The molecule has 0 spiro atoms. The molecule has 0 aliphatic carbocycles. The Morgan fingerprint density at radius 1 is 1.24 bits per heavy atom. The molecule has 0 saturated carbocycles. The summed E-state index contributed by atoms with van der Waals surface area (Å²) in [5.41, 5.74) is 6.49. The molecule has 6 nitrogen and oxygen atoms in total. The second kappa shape index (κ2) is 10.9. The van der Waals surface area contributed by atoms with Crippen LogP contribution in [0.4, 0.5) is 5.69 Å². The van der Waals surface area contributed by atoms with Crippen molar-refractivity contribution in [1.82, 2.24) is 5.32 Å². The Labute approximate surface area is 153 Å². The Kier molecular flexibility index (Phi) is 9.23. The Hall–Kier alpha value is -1.86. The van der Waals surface area contributed by atoms with Crippen LogP contribution in [0.5, 0.6) is 0 Å². The molecular weight excluding hydrogens is 338 g/mol. The highest BCUT2D eigenvalue weighted by molar-refractivity contribution is 7.98. The van der Waals surface area contributed by atoms with Gasteiger partial charge in [-0.25, -0.2) is 4.90 Å². The molecule has 0 heterocycles. The molecule has 0 radical (unpaired) electrons. The first-order chi connectivity index (χ1) is 11.9. The third-order valence-electron chi connectivity index (χ3n) is 3.68. The zero-order valence-corrected chi connectivity index (χ0v) is 15.8. The van der Waals surface area contributed by atoms with Crippen molar-refractivity contribution in [2.24, 2.45) is 11.7 Å². The van der Waals surface area contributed by atoms with E-state index in [4.69, 9.17) is 5.73 Å². The zero-order valence-electron chi connectivity index (χ0n) is 15.0. The summed E-state index contributed by atoms with van der Waals surface area (Å²) in [6.07, 6.45) is 3.33. The molecule has 1 rings (SSSR count). The minimum atomic E-state index is -0.776. The molecule has 3 amide bonds. The van der Waals surface area contributed by atoms with E-state index >= 15 is 0 Å². The summed E-state index contributed by atoms with van der Waals surface area (Å²) in [5.74, 6) is 0.00178. The quantitative estimate of drug-likeness (QED) is 0.617. The molecule has 0 bridgehead atoms. The Morgan fingerprint density at radius 3 is 2.40 bits per heavy atom. The molecule has 0 aliphatic heterocycles. The number of benzene rings is 1. The lowest BCUT2D eigenvalue weighted by molar-refractivity contribution is -0.129. The van der Waals surface area contributed by atoms with E-state index in [1.807, 2.05) is 20.1 Å². The number of amides is 3. The fraction of sp³-hybridized carbons (Fsp3) is 0.500. The molecule has 3 N–H and O–H groups in total. The molecule has 0 saturated heterocycles. The van der Waals surface area contributed by atoms with E-state index in [1.54, 1.807) is 42.1 Å². The monoisotopic (exact) mass is 365 g/mol. The predicted molar refractivity (Wildman–Crippen MR) is 102 cm³/mol. The normalized spacial score (nSPS) is 13.2. The predicted octanol–water partition coefficient (Wildman–Crippen LogP) is 1.79. The topological polar surface area (TPSA) is 92.5 Å². The molecule has 2 atom stereocenters. The van der Waals surface area contributed by atoms with E-state index in [1.165, 1.54) is 0 Å². The second-order valence-electron chi connectivity index (χ2n) is 6.20.